The van der Waals surface area contributed by atoms with Gasteiger partial charge in [-0.15, -0.1) is 0 Å². The maximum atomic E-state index is 12.3. The second-order valence-electron chi connectivity index (χ2n) is 6.64. The van der Waals surface area contributed by atoms with Crippen LogP contribution >= 0.6 is 11.6 Å². The lowest BCUT2D eigenvalue weighted by Gasteiger charge is -2.38. The number of ether oxygens (including phenoxy) is 1. The van der Waals surface area contributed by atoms with E-state index in [1.807, 2.05) is 0 Å². The molecule has 3 nitrogen and oxygen atoms in total. The number of rotatable bonds is 2. The minimum Gasteiger partial charge on any atom is -0.459 e. The number of hydrogen-bond acceptors (Lipinski definition) is 3. The predicted octanol–water partition coefficient (Wildman–Crippen LogP) is 4.29. The molecule has 2 atom stereocenters. The highest BCUT2D eigenvalue weighted by Gasteiger charge is 2.34. The highest BCUT2D eigenvalue weighted by molar-refractivity contribution is 6.34. The summed E-state index contributed by atoms with van der Waals surface area (Å²) in [4.78, 5) is 12.3. The van der Waals surface area contributed by atoms with E-state index in [1.165, 1.54) is 0 Å². The van der Waals surface area contributed by atoms with Gasteiger partial charge in [0.15, 0.2) is 0 Å². The Bertz CT molecular complexity index is 493. The van der Waals surface area contributed by atoms with Gasteiger partial charge >= 0.3 is 5.97 Å². The molecule has 0 heterocycles. The first-order chi connectivity index (χ1) is 9.28. The average molecular weight is 296 g/mol. The van der Waals surface area contributed by atoms with E-state index < -0.39 is 5.97 Å². The zero-order chi connectivity index (χ0) is 14.9. The molecule has 2 rings (SSSR count). The summed E-state index contributed by atoms with van der Waals surface area (Å²) >= 11 is 6.05. The van der Waals surface area contributed by atoms with Crippen LogP contribution in [-0.4, -0.2) is 12.1 Å². The van der Waals surface area contributed by atoms with Crippen molar-refractivity contribution in [3.05, 3.63) is 28.8 Å². The molecule has 1 saturated carbocycles. The molecule has 0 bridgehead atoms. The summed E-state index contributed by atoms with van der Waals surface area (Å²) in [6, 6.07) is 5.04. The zero-order valence-electron chi connectivity index (χ0n) is 12.3. The van der Waals surface area contributed by atoms with Gasteiger partial charge in [0.25, 0.3) is 0 Å². The third-order valence-electron chi connectivity index (χ3n) is 3.87. The molecule has 0 aromatic heterocycles. The highest BCUT2D eigenvalue weighted by Crippen LogP contribution is 2.40. The summed E-state index contributed by atoms with van der Waals surface area (Å²) in [6.07, 6.45) is 2.89. The molecule has 1 aliphatic rings. The lowest BCUT2D eigenvalue weighted by Crippen LogP contribution is -2.34. The van der Waals surface area contributed by atoms with E-state index in [0.717, 1.165) is 19.3 Å². The maximum absolute atomic E-state index is 12.3. The van der Waals surface area contributed by atoms with Crippen LogP contribution in [0.15, 0.2) is 18.2 Å². The summed E-state index contributed by atoms with van der Waals surface area (Å²) in [5, 5.41) is 0.345. The smallest absolute Gasteiger partial charge is 0.342 e. The molecule has 0 amide bonds. The van der Waals surface area contributed by atoms with Crippen LogP contribution in [0, 0.1) is 11.3 Å². The standard InChI is InChI=1S/C16H22ClNO2/c1-10-7-11(9-16(2,3)8-10)20-15(19)14-12(17)5-4-6-13(14)18/h4-6,10-11H,7-9,18H2,1-3H3. The highest BCUT2D eigenvalue weighted by atomic mass is 35.5. The molecule has 1 aromatic rings. The Labute approximate surface area is 125 Å². The van der Waals surface area contributed by atoms with Gasteiger partial charge in [-0.3, -0.25) is 0 Å². The van der Waals surface area contributed by atoms with Gasteiger partial charge in [-0.25, -0.2) is 4.79 Å². The number of anilines is 1. The first-order valence-electron chi connectivity index (χ1n) is 7.03. The number of hydrogen-bond donors (Lipinski definition) is 1. The molecule has 20 heavy (non-hydrogen) atoms. The second-order valence-corrected chi connectivity index (χ2v) is 7.05. The van der Waals surface area contributed by atoms with E-state index in [4.69, 9.17) is 22.1 Å². The van der Waals surface area contributed by atoms with Crippen molar-refractivity contribution >= 4 is 23.3 Å². The van der Waals surface area contributed by atoms with Crippen molar-refractivity contribution in [1.82, 2.24) is 0 Å². The van der Waals surface area contributed by atoms with Crippen molar-refractivity contribution in [2.24, 2.45) is 11.3 Å². The van der Waals surface area contributed by atoms with E-state index in [9.17, 15) is 4.79 Å². The van der Waals surface area contributed by atoms with Crippen molar-refractivity contribution in [2.45, 2.75) is 46.1 Å². The van der Waals surface area contributed by atoms with Crippen LogP contribution in [0.3, 0.4) is 0 Å². The third-order valence-corrected chi connectivity index (χ3v) is 4.19. The van der Waals surface area contributed by atoms with E-state index in [0.29, 0.717) is 16.6 Å². The molecule has 0 saturated heterocycles. The van der Waals surface area contributed by atoms with Crippen molar-refractivity contribution in [1.29, 1.82) is 0 Å². The number of carbonyl (C=O) groups is 1. The van der Waals surface area contributed by atoms with Gasteiger partial charge in [0, 0.05) is 5.69 Å². The van der Waals surface area contributed by atoms with Gasteiger partial charge in [0.2, 0.25) is 0 Å². The van der Waals surface area contributed by atoms with Gasteiger partial charge in [-0.1, -0.05) is 38.4 Å². The topological polar surface area (TPSA) is 52.3 Å². The van der Waals surface area contributed by atoms with Crippen LogP contribution in [0.5, 0.6) is 0 Å². The second kappa shape index (κ2) is 5.65. The number of nitrogens with two attached hydrogens (primary N) is 1. The molecular formula is C16H22ClNO2. The van der Waals surface area contributed by atoms with Crippen LogP contribution in [-0.2, 0) is 4.74 Å². The lowest BCUT2D eigenvalue weighted by molar-refractivity contribution is -0.00702. The average Bonchev–Trinajstić information content (AvgIpc) is 2.25. The Morgan fingerprint density at radius 2 is 2.10 bits per heavy atom. The summed E-state index contributed by atoms with van der Waals surface area (Å²) in [6.45, 7) is 6.63. The van der Waals surface area contributed by atoms with Crippen molar-refractivity contribution in [3.8, 4) is 0 Å². The molecule has 2 N–H and O–H groups in total. The molecule has 0 aliphatic heterocycles. The first kappa shape index (κ1) is 15.2. The number of esters is 1. The van der Waals surface area contributed by atoms with Crippen LogP contribution in [0.4, 0.5) is 5.69 Å². The van der Waals surface area contributed by atoms with Crippen molar-refractivity contribution < 1.29 is 9.53 Å². The largest absolute Gasteiger partial charge is 0.459 e. The minimum absolute atomic E-state index is 0.0584. The van der Waals surface area contributed by atoms with E-state index in [-0.39, 0.29) is 17.1 Å². The van der Waals surface area contributed by atoms with Crippen LogP contribution in [0.2, 0.25) is 5.02 Å². The molecular weight excluding hydrogens is 274 g/mol. The first-order valence-corrected chi connectivity index (χ1v) is 7.41. The van der Waals surface area contributed by atoms with E-state index >= 15 is 0 Å². The SMILES string of the molecule is CC1CC(OC(=O)c2c(N)cccc2Cl)CC(C)(C)C1. The number of benzene rings is 1. The molecule has 2 unspecified atom stereocenters. The van der Waals surface area contributed by atoms with E-state index in [1.54, 1.807) is 18.2 Å². The normalized spacial score (nSPS) is 25.2. The summed E-state index contributed by atoms with van der Waals surface area (Å²) in [5.41, 5.74) is 6.67. The fourth-order valence-electron chi connectivity index (χ4n) is 3.31. The molecule has 1 aliphatic carbocycles. The lowest BCUT2D eigenvalue weighted by atomic mass is 9.71. The van der Waals surface area contributed by atoms with Gasteiger partial charge in [0.05, 0.1) is 5.02 Å². The molecule has 4 heteroatoms. The minimum atomic E-state index is -0.414. The Kier molecular flexibility index (Phi) is 4.28. The predicted molar refractivity (Wildman–Crippen MR) is 81.9 cm³/mol. The summed E-state index contributed by atoms with van der Waals surface area (Å²) < 4.78 is 5.64. The van der Waals surface area contributed by atoms with Gasteiger partial charge in [0.1, 0.15) is 11.7 Å². The van der Waals surface area contributed by atoms with Crippen molar-refractivity contribution in [2.75, 3.05) is 5.73 Å². The third kappa shape index (κ3) is 3.45. The number of carbonyl (C=O) groups excluding carboxylic acids is 1. The van der Waals surface area contributed by atoms with Gasteiger partial charge < -0.3 is 10.5 Å². The monoisotopic (exact) mass is 295 g/mol. The molecule has 1 fully saturated rings. The zero-order valence-corrected chi connectivity index (χ0v) is 13.0. The van der Waals surface area contributed by atoms with Gasteiger partial charge in [-0.2, -0.15) is 0 Å². The van der Waals surface area contributed by atoms with Crippen molar-refractivity contribution in [3.63, 3.8) is 0 Å². The molecule has 0 radical (unpaired) electrons. The fourth-order valence-corrected chi connectivity index (χ4v) is 3.57. The Morgan fingerprint density at radius 1 is 1.40 bits per heavy atom. The Balaban J connectivity index is 2.12. The maximum Gasteiger partial charge on any atom is 0.342 e. The van der Waals surface area contributed by atoms with Gasteiger partial charge in [-0.05, 0) is 42.7 Å². The van der Waals surface area contributed by atoms with Crippen LogP contribution < -0.4 is 5.73 Å². The molecule has 110 valence electrons. The Morgan fingerprint density at radius 3 is 2.70 bits per heavy atom. The summed E-state index contributed by atoms with van der Waals surface area (Å²) in [7, 11) is 0. The molecule has 1 aromatic carbocycles. The Hall–Kier alpha value is -1.22. The fraction of sp³-hybridized carbons (Fsp3) is 0.562. The number of nitrogen functional groups attached to an aromatic ring is 1. The number of halogens is 1. The van der Waals surface area contributed by atoms with Crippen LogP contribution in [0.1, 0.15) is 50.4 Å². The van der Waals surface area contributed by atoms with Crippen LogP contribution in [0.25, 0.3) is 0 Å². The van der Waals surface area contributed by atoms with E-state index in [2.05, 4.69) is 20.8 Å². The quantitative estimate of drug-likeness (QED) is 0.654. The summed E-state index contributed by atoms with van der Waals surface area (Å²) in [5.74, 6) is 0.142. The molecule has 0 spiro atoms.